The number of amides is 1. The normalized spacial score (nSPS) is 10.2. The summed E-state index contributed by atoms with van der Waals surface area (Å²) < 4.78 is 30.8. The molecule has 7 heteroatoms. The van der Waals surface area contributed by atoms with Gasteiger partial charge >= 0.3 is 5.97 Å². The number of methoxy groups -OCH3 is 1. The molecule has 4 nitrogen and oxygen atoms in total. The zero-order valence-corrected chi connectivity index (χ0v) is 12.1. The zero-order chi connectivity index (χ0) is 16.3. The Balaban J connectivity index is 2.29. The van der Waals surface area contributed by atoms with Crippen molar-refractivity contribution in [2.75, 3.05) is 12.4 Å². The van der Waals surface area contributed by atoms with Crippen LogP contribution in [0.3, 0.4) is 0 Å². The molecule has 0 bridgehead atoms. The van der Waals surface area contributed by atoms with Crippen LogP contribution in [0.15, 0.2) is 36.4 Å². The van der Waals surface area contributed by atoms with Crippen molar-refractivity contribution in [3.05, 3.63) is 64.2 Å². The van der Waals surface area contributed by atoms with E-state index >= 15 is 0 Å². The molecule has 1 N–H and O–H groups in total. The molecule has 0 aliphatic carbocycles. The highest BCUT2D eigenvalue weighted by atomic mass is 35.5. The summed E-state index contributed by atoms with van der Waals surface area (Å²) in [6.45, 7) is 0. The fraction of sp³-hybridized carbons (Fsp3) is 0.0667. The number of carbonyl (C=O) groups excluding carboxylic acids is 2. The van der Waals surface area contributed by atoms with Gasteiger partial charge in [0.05, 0.1) is 23.4 Å². The van der Waals surface area contributed by atoms with E-state index < -0.39 is 23.5 Å². The molecule has 0 aliphatic heterocycles. The summed E-state index contributed by atoms with van der Waals surface area (Å²) in [7, 11) is 1.21. The molecule has 0 fully saturated rings. The van der Waals surface area contributed by atoms with E-state index in [1.165, 1.54) is 25.3 Å². The molecule has 0 unspecified atom stereocenters. The van der Waals surface area contributed by atoms with E-state index in [4.69, 9.17) is 11.6 Å². The van der Waals surface area contributed by atoms with Crippen molar-refractivity contribution in [2.24, 2.45) is 0 Å². The van der Waals surface area contributed by atoms with Gasteiger partial charge in [0.2, 0.25) is 0 Å². The first-order valence-electron chi connectivity index (χ1n) is 6.06. The number of rotatable bonds is 3. The Morgan fingerprint density at radius 1 is 1.05 bits per heavy atom. The average molecular weight is 326 g/mol. The Kier molecular flexibility index (Phi) is 4.72. The van der Waals surface area contributed by atoms with Crippen LogP contribution in [-0.2, 0) is 4.74 Å². The van der Waals surface area contributed by atoms with Crippen LogP contribution in [0, 0.1) is 11.6 Å². The third-order valence-corrected chi connectivity index (χ3v) is 3.09. The van der Waals surface area contributed by atoms with E-state index in [0.29, 0.717) is 6.07 Å². The van der Waals surface area contributed by atoms with Crippen LogP contribution in [0.5, 0.6) is 0 Å². The molecule has 0 radical (unpaired) electrons. The topological polar surface area (TPSA) is 55.4 Å². The molecule has 2 rings (SSSR count). The molecule has 0 saturated carbocycles. The van der Waals surface area contributed by atoms with Crippen LogP contribution in [0.25, 0.3) is 0 Å². The highest BCUT2D eigenvalue weighted by Crippen LogP contribution is 2.24. The lowest BCUT2D eigenvalue weighted by molar-refractivity contribution is 0.0600. The van der Waals surface area contributed by atoms with E-state index in [0.717, 1.165) is 12.1 Å². The average Bonchev–Trinajstić information content (AvgIpc) is 2.47. The molecule has 0 aromatic heterocycles. The molecule has 0 spiro atoms. The Labute approximate surface area is 129 Å². The Morgan fingerprint density at radius 2 is 1.68 bits per heavy atom. The van der Waals surface area contributed by atoms with Crippen LogP contribution in [0.2, 0.25) is 5.02 Å². The minimum atomic E-state index is -0.875. The largest absolute Gasteiger partial charge is 0.465 e. The molecular weight excluding hydrogens is 316 g/mol. The fourth-order valence-corrected chi connectivity index (χ4v) is 1.91. The number of hydrogen-bond donors (Lipinski definition) is 1. The van der Waals surface area contributed by atoms with Gasteiger partial charge < -0.3 is 10.1 Å². The molecule has 0 atom stereocenters. The fourth-order valence-electron chi connectivity index (χ4n) is 1.75. The van der Waals surface area contributed by atoms with E-state index in [1.54, 1.807) is 0 Å². The summed E-state index contributed by atoms with van der Waals surface area (Å²) in [4.78, 5) is 23.4. The molecule has 0 saturated heterocycles. The number of anilines is 1. The van der Waals surface area contributed by atoms with Crippen molar-refractivity contribution in [2.45, 2.75) is 0 Å². The van der Waals surface area contributed by atoms with Crippen molar-refractivity contribution in [3.8, 4) is 0 Å². The molecule has 0 aliphatic rings. The number of halogens is 3. The van der Waals surface area contributed by atoms with Crippen LogP contribution in [0.4, 0.5) is 14.5 Å². The second-order valence-electron chi connectivity index (χ2n) is 4.30. The first-order valence-corrected chi connectivity index (χ1v) is 6.44. The Morgan fingerprint density at radius 3 is 2.27 bits per heavy atom. The second-order valence-corrected chi connectivity index (χ2v) is 4.71. The maximum absolute atomic E-state index is 13.1. The van der Waals surface area contributed by atoms with E-state index in [-0.39, 0.29) is 21.8 Å². The number of hydrogen-bond acceptors (Lipinski definition) is 3. The second kappa shape index (κ2) is 6.53. The van der Waals surface area contributed by atoms with Gasteiger partial charge in [-0.2, -0.15) is 0 Å². The van der Waals surface area contributed by atoms with Crippen molar-refractivity contribution >= 4 is 29.2 Å². The third kappa shape index (κ3) is 3.59. The summed E-state index contributed by atoms with van der Waals surface area (Å²) in [6.07, 6.45) is 0. The lowest BCUT2D eigenvalue weighted by atomic mass is 10.1. The van der Waals surface area contributed by atoms with Gasteiger partial charge in [-0.25, -0.2) is 13.6 Å². The molecule has 22 heavy (non-hydrogen) atoms. The smallest absolute Gasteiger partial charge is 0.337 e. The van der Waals surface area contributed by atoms with Gasteiger partial charge in [-0.3, -0.25) is 4.79 Å². The van der Waals surface area contributed by atoms with Crippen LogP contribution < -0.4 is 5.32 Å². The van der Waals surface area contributed by atoms with Crippen molar-refractivity contribution in [1.82, 2.24) is 0 Å². The minimum Gasteiger partial charge on any atom is -0.465 e. The quantitative estimate of drug-likeness (QED) is 0.876. The molecule has 114 valence electrons. The van der Waals surface area contributed by atoms with Crippen LogP contribution >= 0.6 is 11.6 Å². The SMILES string of the molecule is COC(=O)c1ccc(Cl)c(NC(=O)c2cc(F)cc(F)c2)c1. The predicted octanol–water partition coefficient (Wildman–Crippen LogP) is 3.66. The summed E-state index contributed by atoms with van der Waals surface area (Å²) >= 11 is 5.92. The third-order valence-electron chi connectivity index (χ3n) is 2.76. The number of nitrogens with one attached hydrogen (secondary N) is 1. The number of ether oxygens (including phenoxy) is 1. The molecule has 1 amide bonds. The highest BCUT2D eigenvalue weighted by Gasteiger charge is 2.14. The lowest BCUT2D eigenvalue weighted by Crippen LogP contribution is -2.13. The number of esters is 1. The molecular formula is C15H10ClF2NO3. The first kappa shape index (κ1) is 15.9. The van der Waals surface area contributed by atoms with Gasteiger partial charge in [0.25, 0.3) is 5.91 Å². The van der Waals surface area contributed by atoms with Gasteiger partial charge in [-0.05, 0) is 30.3 Å². The van der Waals surface area contributed by atoms with Gasteiger partial charge in [0, 0.05) is 11.6 Å². The van der Waals surface area contributed by atoms with E-state index in [2.05, 4.69) is 10.1 Å². The summed E-state index contributed by atoms with van der Waals surface area (Å²) in [6, 6.07) is 6.55. The molecule has 0 heterocycles. The lowest BCUT2D eigenvalue weighted by Gasteiger charge is -2.09. The zero-order valence-electron chi connectivity index (χ0n) is 11.3. The standard InChI is InChI=1S/C15H10ClF2NO3/c1-22-15(21)8-2-3-12(16)13(6-8)19-14(20)9-4-10(17)7-11(18)5-9/h2-7H,1H3,(H,19,20). The maximum atomic E-state index is 13.1. The van der Waals surface area contributed by atoms with Crippen LogP contribution in [-0.4, -0.2) is 19.0 Å². The molecule has 2 aromatic rings. The Hall–Kier alpha value is -2.47. The predicted molar refractivity (Wildman–Crippen MR) is 77.1 cm³/mol. The van der Waals surface area contributed by atoms with Gasteiger partial charge in [0.15, 0.2) is 0 Å². The van der Waals surface area contributed by atoms with Crippen molar-refractivity contribution in [1.29, 1.82) is 0 Å². The molecule has 2 aromatic carbocycles. The van der Waals surface area contributed by atoms with E-state index in [1.807, 2.05) is 0 Å². The van der Waals surface area contributed by atoms with Crippen molar-refractivity contribution < 1.29 is 23.1 Å². The monoisotopic (exact) mass is 325 g/mol. The van der Waals surface area contributed by atoms with Gasteiger partial charge in [0.1, 0.15) is 11.6 Å². The number of carbonyl (C=O) groups is 2. The highest BCUT2D eigenvalue weighted by molar-refractivity contribution is 6.34. The van der Waals surface area contributed by atoms with Gasteiger partial charge in [-0.15, -0.1) is 0 Å². The van der Waals surface area contributed by atoms with Gasteiger partial charge in [-0.1, -0.05) is 11.6 Å². The summed E-state index contributed by atoms with van der Waals surface area (Å²) in [5.41, 5.74) is 0.0869. The van der Waals surface area contributed by atoms with Crippen molar-refractivity contribution in [3.63, 3.8) is 0 Å². The van der Waals surface area contributed by atoms with Crippen LogP contribution in [0.1, 0.15) is 20.7 Å². The summed E-state index contributed by atoms with van der Waals surface area (Å²) in [5, 5.41) is 2.55. The number of benzene rings is 2. The first-order chi connectivity index (χ1) is 10.4. The maximum Gasteiger partial charge on any atom is 0.337 e. The minimum absolute atomic E-state index is 0.124. The summed E-state index contributed by atoms with van der Waals surface area (Å²) in [5.74, 6) is -3.12. The van der Waals surface area contributed by atoms with E-state index in [9.17, 15) is 18.4 Å². The Bertz CT molecular complexity index is 729.